The Hall–Kier alpha value is -2.35. The van der Waals surface area contributed by atoms with Gasteiger partial charge in [-0.05, 0) is 30.4 Å². The molecule has 0 saturated heterocycles. The van der Waals surface area contributed by atoms with E-state index >= 15 is 0 Å². The summed E-state index contributed by atoms with van der Waals surface area (Å²) in [6.07, 6.45) is 40.0. The molecule has 2 nitrogen and oxygen atoms in total. The molecule has 2 aromatic carbocycles. The van der Waals surface area contributed by atoms with Crippen molar-refractivity contribution in [1.82, 2.24) is 9.55 Å². The molecule has 3 rings (SSSR count). The molecule has 1 heterocycles. The van der Waals surface area contributed by atoms with Crippen LogP contribution in [-0.2, 0) is 18.4 Å². The van der Waals surface area contributed by atoms with Gasteiger partial charge in [0, 0.05) is 30.3 Å². The minimum atomic E-state index is -0.0276. The monoisotopic (exact) mass is 669 g/mol. The van der Waals surface area contributed by atoms with Crippen LogP contribution in [0, 0.1) is 0 Å². The lowest BCUT2D eigenvalue weighted by atomic mass is 9.66. The van der Waals surface area contributed by atoms with E-state index in [0.29, 0.717) is 5.92 Å². The first-order chi connectivity index (χ1) is 24.2. The second-order valence-electron chi connectivity index (χ2n) is 15.5. The Kier molecular flexibility index (Phi) is 22.2. The molecule has 274 valence electrons. The SMILES string of the molecule is CCCCCCCCCCCCCCCn1ccnc1C(CCCCCCCCCCCCC)C(C)(Cc1ccccc1)c1ccccc1. The van der Waals surface area contributed by atoms with Gasteiger partial charge in [0.05, 0.1) is 0 Å². The van der Waals surface area contributed by atoms with Crippen molar-refractivity contribution < 1.29 is 0 Å². The zero-order chi connectivity index (χ0) is 34.7. The highest BCUT2D eigenvalue weighted by atomic mass is 15.1. The number of nitrogens with zero attached hydrogens (tertiary/aromatic N) is 2. The Bertz CT molecular complexity index is 1150. The molecule has 0 fully saturated rings. The van der Waals surface area contributed by atoms with Crippen molar-refractivity contribution in [3.8, 4) is 0 Å². The van der Waals surface area contributed by atoms with Crippen molar-refractivity contribution >= 4 is 0 Å². The van der Waals surface area contributed by atoms with Crippen molar-refractivity contribution in [2.75, 3.05) is 0 Å². The summed E-state index contributed by atoms with van der Waals surface area (Å²) in [5.74, 6) is 1.69. The summed E-state index contributed by atoms with van der Waals surface area (Å²) in [6, 6.07) is 22.6. The maximum absolute atomic E-state index is 5.16. The third-order valence-electron chi connectivity index (χ3n) is 11.3. The van der Waals surface area contributed by atoms with Crippen molar-refractivity contribution in [1.29, 1.82) is 0 Å². The first-order valence-electron chi connectivity index (χ1n) is 21.3. The minimum Gasteiger partial charge on any atom is -0.335 e. The zero-order valence-electron chi connectivity index (χ0n) is 32.5. The van der Waals surface area contributed by atoms with Crippen LogP contribution in [0.4, 0.5) is 0 Å². The molecule has 0 radical (unpaired) electrons. The van der Waals surface area contributed by atoms with E-state index in [1.54, 1.807) is 0 Å². The fraction of sp³-hybridized carbons (Fsp3) is 0.681. The molecule has 2 unspecified atom stereocenters. The molecule has 0 aliphatic heterocycles. The van der Waals surface area contributed by atoms with E-state index in [9.17, 15) is 0 Å². The fourth-order valence-electron chi connectivity index (χ4n) is 8.13. The van der Waals surface area contributed by atoms with Crippen LogP contribution in [0.5, 0.6) is 0 Å². The maximum Gasteiger partial charge on any atom is 0.112 e. The highest BCUT2D eigenvalue weighted by Crippen LogP contribution is 2.44. The van der Waals surface area contributed by atoms with Crippen LogP contribution >= 0.6 is 0 Å². The summed E-state index contributed by atoms with van der Waals surface area (Å²) in [7, 11) is 0. The number of aromatic nitrogens is 2. The molecule has 0 spiro atoms. The quantitative estimate of drug-likeness (QED) is 0.0624. The van der Waals surface area contributed by atoms with Crippen LogP contribution in [0.25, 0.3) is 0 Å². The van der Waals surface area contributed by atoms with Gasteiger partial charge < -0.3 is 4.57 Å². The Morgan fingerprint density at radius 1 is 0.531 bits per heavy atom. The molecule has 0 aliphatic rings. The number of unbranched alkanes of at least 4 members (excludes halogenated alkanes) is 22. The lowest BCUT2D eigenvalue weighted by Crippen LogP contribution is -2.35. The predicted molar refractivity (Wildman–Crippen MR) is 216 cm³/mol. The molecule has 0 amide bonds. The number of hydrogen-bond acceptors (Lipinski definition) is 1. The molecule has 0 saturated carbocycles. The average molecular weight is 669 g/mol. The topological polar surface area (TPSA) is 17.8 Å². The molecule has 0 aliphatic carbocycles. The van der Waals surface area contributed by atoms with Crippen LogP contribution in [-0.4, -0.2) is 9.55 Å². The van der Waals surface area contributed by atoms with Gasteiger partial charge in [-0.25, -0.2) is 4.98 Å². The van der Waals surface area contributed by atoms with Crippen molar-refractivity contribution in [3.63, 3.8) is 0 Å². The Morgan fingerprint density at radius 2 is 0.959 bits per heavy atom. The summed E-state index contributed by atoms with van der Waals surface area (Å²) >= 11 is 0. The summed E-state index contributed by atoms with van der Waals surface area (Å²) in [5.41, 5.74) is 2.84. The summed E-state index contributed by atoms with van der Waals surface area (Å²) in [5, 5.41) is 0. The Labute approximate surface area is 304 Å². The average Bonchev–Trinajstić information content (AvgIpc) is 3.59. The van der Waals surface area contributed by atoms with Crippen molar-refractivity contribution in [3.05, 3.63) is 90.0 Å². The van der Waals surface area contributed by atoms with Crippen LogP contribution in [0.1, 0.15) is 204 Å². The van der Waals surface area contributed by atoms with E-state index in [0.717, 1.165) is 13.0 Å². The van der Waals surface area contributed by atoms with E-state index in [1.165, 1.54) is 177 Å². The molecule has 0 N–H and O–H groups in total. The largest absolute Gasteiger partial charge is 0.335 e. The number of imidazole rings is 1. The first-order valence-corrected chi connectivity index (χ1v) is 21.3. The van der Waals surface area contributed by atoms with Crippen molar-refractivity contribution in [2.45, 2.75) is 206 Å². The third kappa shape index (κ3) is 16.5. The molecule has 2 atom stereocenters. The molecule has 2 heteroatoms. The van der Waals surface area contributed by atoms with Crippen LogP contribution in [0.3, 0.4) is 0 Å². The number of aryl methyl sites for hydroxylation is 1. The highest BCUT2D eigenvalue weighted by Gasteiger charge is 2.39. The smallest absolute Gasteiger partial charge is 0.112 e. The molecular formula is C47H76N2. The van der Waals surface area contributed by atoms with E-state index in [-0.39, 0.29) is 5.41 Å². The van der Waals surface area contributed by atoms with Gasteiger partial charge in [-0.1, -0.05) is 229 Å². The van der Waals surface area contributed by atoms with E-state index < -0.39 is 0 Å². The van der Waals surface area contributed by atoms with Gasteiger partial charge in [-0.3, -0.25) is 0 Å². The number of rotatable bonds is 31. The van der Waals surface area contributed by atoms with E-state index in [2.05, 4.69) is 98.4 Å². The fourth-order valence-corrected chi connectivity index (χ4v) is 8.13. The third-order valence-corrected chi connectivity index (χ3v) is 11.3. The van der Waals surface area contributed by atoms with Gasteiger partial charge in [-0.2, -0.15) is 0 Å². The molecule has 0 bridgehead atoms. The normalized spacial score (nSPS) is 13.4. The van der Waals surface area contributed by atoms with Crippen LogP contribution in [0.15, 0.2) is 73.1 Å². The maximum atomic E-state index is 5.16. The van der Waals surface area contributed by atoms with Crippen molar-refractivity contribution in [2.24, 2.45) is 0 Å². The highest BCUT2D eigenvalue weighted by molar-refractivity contribution is 5.33. The molecule has 49 heavy (non-hydrogen) atoms. The minimum absolute atomic E-state index is 0.0276. The van der Waals surface area contributed by atoms with Crippen LogP contribution < -0.4 is 0 Å². The molecule has 3 aromatic rings. The van der Waals surface area contributed by atoms with Gasteiger partial charge in [0.25, 0.3) is 0 Å². The van der Waals surface area contributed by atoms with Crippen LogP contribution in [0.2, 0.25) is 0 Å². The first kappa shape index (κ1) is 41.1. The lowest BCUT2D eigenvalue weighted by molar-refractivity contribution is 0.321. The number of benzene rings is 2. The summed E-state index contributed by atoms with van der Waals surface area (Å²) in [6.45, 7) is 8.24. The van der Waals surface area contributed by atoms with E-state index in [1.807, 2.05) is 0 Å². The molecular weight excluding hydrogens is 593 g/mol. The van der Waals surface area contributed by atoms with E-state index in [4.69, 9.17) is 4.98 Å². The Balaban J connectivity index is 1.57. The summed E-state index contributed by atoms with van der Waals surface area (Å²) in [4.78, 5) is 5.16. The second kappa shape index (κ2) is 26.5. The van der Waals surface area contributed by atoms with Gasteiger partial charge in [0.2, 0.25) is 0 Å². The van der Waals surface area contributed by atoms with Gasteiger partial charge >= 0.3 is 0 Å². The predicted octanol–water partition coefficient (Wildman–Crippen LogP) is 15.0. The summed E-state index contributed by atoms with van der Waals surface area (Å²) < 4.78 is 2.54. The number of hydrogen-bond donors (Lipinski definition) is 0. The second-order valence-corrected chi connectivity index (χ2v) is 15.5. The van der Waals surface area contributed by atoms with Gasteiger partial charge in [0.15, 0.2) is 0 Å². The van der Waals surface area contributed by atoms with Gasteiger partial charge in [0.1, 0.15) is 5.82 Å². The standard InChI is InChI=1S/C47H76N2/c1-4-6-8-10-12-14-16-17-19-21-23-25-33-40-49-41-39-48-46(49)45(38-32-24-22-20-18-15-13-11-9-7-5-2)47(3,44-36-30-27-31-37-44)42-43-34-28-26-29-35-43/h26-31,34-37,39,41,45H,4-25,32-33,38,40,42H2,1-3H3. The Morgan fingerprint density at radius 3 is 1.45 bits per heavy atom. The van der Waals surface area contributed by atoms with Gasteiger partial charge in [-0.15, -0.1) is 0 Å². The molecule has 1 aromatic heterocycles. The lowest BCUT2D eigenvalue weighted by Gasteiger charge is -2.39. The zero-order valence-corrected chi connectivity index (χ0v) is 32.5.